The van der Waals surface area contributed by atoms with Gasteiger partial charge in [0.25, 0.3) is 0 Å². The lowest BCUT2D eigenvalue weighted by Gasteiger charge is -2.29. The minimum absolute atomic E-state index is 0.0335. The maximum atomic E-state index is 11.9. The molecule has 1 saturated heterocycles. The molecular formula is C15H18N2O4. The zero-order chi connectivity index (χ0) is 15.6. The van der Waals surface area contributed by atoms with Crippen molar-refractivity contribution in [1.82, 2.24) is 4.90 Å². The van der Waals surface area contributed by atoms with Gasteiger partial charge in [-0.05, 0) is 25.5 Å². The fraction of sp³-hybridized carbons (Fsp3) is 0.400. The Hall–Kier alpha value is -2.37. The molecule has 0 aromatic heterocycles. The number of carboxylic acid groups (broad SMARTS) is 1. The van der Waals surface area contributed by atoms with Crippen molar-refractivity contribution in [3.05, 3.63) is 29.8 Å². The first kappa shape index (κ1) is 15.0. The van der Waals surface area contributed by atoms with E-state index in [1.165, 1.54) is 16.7 Å². The van der Waals surface area contributed by atoms with Crippen LogP contribution in [0, 0.1) is 6.92 Å². The summed E-state index contributed by atoms with van der Waals surface area (Å²) in [7, 11) is 0. The van der Waals surface area contributed by atoms with Gasteiger partial charge >= 0.3 is 5.97 Å². The van der Waals surface area contributed by atoms with Crippen LogP contribution in [0.15, 0.2) is 24.3 Å². The SMILES string of the molecule is CC(=O)N(CN1C(=O)CC[C@H]1C(=O)O)c1ccc(C)cc1. The summed E-state index contributed by atoms with van der Waals surface area (Å²) in [5.41, 5.74) is 1.71. The number of carboxylic acids is 1. The van der Waals surface area contributed by atoms with Gasteiger partial charge in [-0.1, -0.05) is 17.7 Å². The summed E-state index contributed by atoms with van der Waals surface area (Å²) in [6.45, 7) is 3.30. The Morgan fingerprint density at radius 2 is 1.95 bits per heavy atom. The van der Waals surface area contributed by atoms with E-state index in [0.717, 1.165) is 5.56 Å². The molecule has 1 aliphatic rings. The van der Waals surface area contributed by atoms with Gasteiger partial charge in [0.1, 0.15) is 12.7 Å². The van der Waals surface area contributed by atoms with E-state index in [2.05, 4.69) is 0 Å². The number of aliphatic carboxylic acids is 1. The number of rotatable bonds is 4. The van der Waals surface area contributed by atoms with Gasteiger partial charge in [-0.3, -0.25) is 14.5 Å². The molecular weight excluding hydrogens is 272 g/mol. The van der Waals surface area contributed by atoms with Crippen LogP contribution in [0.25, 0.3) is 0 Å². The average molecular weight is 290 g/mol. The molecule has 6 heteroatoms. The van der Waals surface area contributed by atoms with Gasteiger partial charge < -0.3 is 10.0 Å². The predicted octanol–water partition coefficient (Wildman–Crippen LogP) is 1.38. The van der Waals surface area contributed by atoms with E-state index >= 15 is 0 Å². The first-order valence-electron chi connectivity index (χ1n) is 6.77. The molecule has 0 saturated carbocycles. The van der Waals surface area contributed by atoms with Gasteiger partial charge in [0.05, 0.1) is 0 Å². The third kappa shape index (κ3) is 3.21. The van der Waals surface area contributed by atoms with E-state index in [1.807, 2.05) is 19.1 Å². The van der Waals surface area contributed by atoms with Crippen molar-refractivity contribution in [1.29, 1.82) is 0 Å². The summed E-state index contributed by atoms with van der Waals surface area (Å²) < 4.78 is 0. The van der Waals surface area contributed by atoms with Crippen molar-refractivity contribution in [3.63, 3.8) is 0 Å². The van der Waals surface area contributed by atoms with Crippen LogP contribution >= 0.6 is 0 Å². The highest BCUT2D eigenvalue weighted by Crippen LogP contribution is 2.22. The molecule has 0 bridgehead atoms. The molecule has 112 valence electrons. The molecule has 6 nitrogen and oxygen atoms in total. The first-order chi connectivity index (χ1) is 9.90. The highest BCUT2D eigenvalue weighted by molar-refractivity contribution is 5.93. The number of hydrogen-bond donors (Lipinski definition) is 1. The molecule has 0 spiro atoms. The molecule has 0 radical (unpaired) electrons. The van der Waals surface area contributed by atoms with Gasteiger partial charge in [0.2, 0.25) is 11.8 Å². The fourth-order valence-corrected chi connectivity index (χ4v) is 2.41. The predicted molar refractivity (Wildman–Crippen MR) is 76.7 cm³/mol. The van der Waals surface area contributed by atoms with Gasteiger partial charge in [0, 0.05) is 19.0 Å². The van der Waals surface area contributed by atoms with E-state index < -0.39 is 12.0 Å². The van der Waals surface area contributed by atoms with Gasteiger partial charge in [-0.2, -0.15) is 0 Å². The fourth-order valence-electron chi connectivity index (χ4n) is 2.41. The Kier molecular flexibility index (Phi) is 4.26. The van der Waals surface area contributed by atoms with Crippen LogP contribution in [0.4, 0.5) is 5.69 Å². The molecule has 21 heavy (non-hydrogen) atoms. The molecule has 2 amide bonds. The highest BCUT2D eigenvalue weighted by Gasteiger charge is 2.37. The van der Waals surface area contributed by atoms with Gasteiger partial charge in [-0.25, -0.2) is 4.79 Å². The van der Waals surface area contributed by atoms with Crippen LogP contribution in [-0.4, -0.2) is 40.5 Å². The number of carbonyl (C=O) groups is 3. The highest BCUT2D eigenvalue weighted by atomic mass is 16.4. The number of carbonyl (C=O) groups excluding carboxylic acids is 2. The number of nitrogens with zero attached hydrogens (tertiary/aromatic N) is 2. The number of aryl methyl sites for hydroxylation is 1. The Morgan fingerprint density at radius 3 is 2.48 bits per heavy atom. The average Bonchev–Trinajstić information content (AvgIpc) is 2.78. The van der Waals surface area contributed by atoms with E-state index in [-0.39, 0.29) is 31.3 Å². The van der Waals surface area contributed by atoms with Crippen molar-refractivity contribution < 1.29 is 19.5 Å². The molecule has 0 aliphatic carbocycles. The number of benzene rings is 1. The second-order valence-corrected chi connectivity index (χ2v) is 5.18. The van der Waals surface area contributed by atoms with Crippen LogP contribution in [0.2, 0.25) is 0 Å². The summed E-state index contributed by atoms with van der Waals surface area (Å²) in [5.74, 6) is -1.50. The molecule has 1 aliphatic heterocycles. The van der Waals surface area contributed by atoms with Crippen molar-refractivity contribution in [2.45, 2.75) is 32.7 Å². The molecule has 0 unspecified atom stereocenters. The maximum Gasteiger partial charge on any atom is 0.326 e. The Morgan fingerprint density at radius 1 is 1.33 bits per heavy atom. The zero-order valence-electron chi connectivity index (χ0n) is 12.1. The Bertz CT molecular complexity index is 568. The summed E-state index contributed by atoms with van der Waals surface area (Å²) in [4.78, 5) is 37.6. The molecule has 1 N–H and O–H groups in total. The lowest BCUT2D eigenvalue weighted by Crippen LogP contribution is -2.47. The molecule has 1 fully saturated rings. The number of likely N-dealkylation sites (tertiary alicyclic amines) is 1. The number of amides is 2. The minimum Gasteiger partial charge on any atom is -0.480 e. The second-order valence-electron chi connectivity index (χ2n) is 5.18. The van der Waals surface area contributed by atoms with E-state index in [9.17, 15) is 14.4 Å². The molecule has 1 aromatic rings. The van der Waals surface area contributed by atoms with Crippen LogP contribution in [-0.2, 0) is 14.4 Å². The summed E-state index contributed by atoms with van der Waals surface area (Å²) >= 11 is 0. The number of hydrogen-bond acceptors (Lipinski definition) is 3. The van der Waals surface area contributed by atoms with Crippen molar-refractivity contribution >= 4 is 23.5 Å². The van der Waals surface area contributed by atoms with Crippen LogP contribution in [0.5, 0.6) is 0 Å². The monoisotopic (exact) mass is 290 g/mol. The Labute approximate surface area is 123 Å². The van der Waals surface area contributed by atoms with E-state index in [1.54, 1.807) is 12.1 Å². The normalized spacial score (nSPS) is 17.9. The summed E-state index contributed by atoms with van der Waals surface area (Å²) in [5, 5.41) is 9.16. The first-order valence-corrected chi connectivity index (χ1v) is 6.77. The summed E-state index contributed by atoms with van der Waals surface area (Å²) in [6.07, 6.45) is 0.490. The smallest absolute Gasteiger partial charge is 0.326 e. The van der Waals surface area contributed by atoms with Crippen molar-refractivity contribution in [2.75, 3.05) is 11.6 Å². The third-order valence-electron chi connectivity index (χ3n) is 3.63. The lowest BCUT2D eigenvalue weighted by atomic mass is 10.2. The van der Waals surface area contributed by atoms with Crippen molar-refractivity contribution in [3.8, 4) is 0 Å². The van der Waals surface area contributed by atoms with Crippen molar-refractivity contribution in [2.24, 2.45) is 0 Å². The van der Waals surface area contributed by atoms with Crippen LogP contribution < -0.4 is 4.90 Å². The maximum absolute atomic E-state index is 11.9. The van der Waals surface area contributed by atoms with E-state index in [4.69, 9.17) is 5.11 Å². The van der Waals surface area contributed by atoms with Crippen LogP contribution in [0.1, 0.15) is 25.3 Å². The minimum atomic E-state index is -1.03. The third-order valence-corrected chi connectivity index (χ3v) is 3.63. The zero-order valence-corrected chi connectivity index (χ0v) is 12.1. The molecule has 1 heterocycles. The molecule has 1 atom stereocenters. The molecule has 2 rings (SSSR count). The second kappa shape index (κ2) is 5.95. The van der Waals surface area contributed by atoms with Gasteiger partial charge in [-0.15, -0.1) is 0 Å². The van der Waals surface area contributed by atoms with Crippen LogP contribution in [0.3, 0.4) is 0 Å². The topological polar surface area (TPSA) is 77.9 Å². The number of anilines is 1. The Balaban J connectivity index is 2.23. The lowest BCUT2D eigenvalue weighted by molar-refractivity contribution is -0.146. The summed E-state index contributed by atoms with van der Waals surface area (Å²) in [6, 6.07) is 6.45. The molecule has 1 aromatic carbocycles. The standard InChI is InChI=1S/C15H18N2O4/c1-10-3-5-12(6-4-10)16(11(2)18)9-17-13(15(20)21)7-8-14(17)19/h3-6,13H,7-9H2,1-2H3,(H,20,21)/t13-/m0/s1. The van der Waals surface area contributed by atoms with Gasteiger partial charge in [0.15, 0.2) is 0 Å². The largest absolute Gasteiger partial charge is 0.480 e. The van der Waals surface area contributed by atoms with E-state index in [0.29, 0.717) is 5.69 Å². The quantitative estimate of drug-likeness (QED) is 0.908.